The Hall–Kier alpha value is -1.52. The van der Waals surface area contributed by atoms with Crippen LogP contribution in [-0.2, 0) is 9.47 Å². The molecule has 3 rings (SSSR count). The number of benzene rings is 1. The molecule has 2 saturated heterocycles. The van der Waals surface area contributed by atoms with Crippen LogP contribution in [-0.4, -0.2) is 45.1 Å². The highest BCUT2D eigenvalue weighted by Gasteiger charge is 2.30. The number of epoxide rings is 2. The van der Waals surface area contributed by atoms with Crippen molar-refractivity contribution in [3.8, 4) is 5.75 Å². The lowest BCUT2D eigenvalue weighted by molar-refractivity contribution is 0.363. The second-order valence-electron chi connectivity index (χ2n) is 4.91. The Bertz CT molecular complexity index is 410. The third-order valence-electron chi connectivity index (χ3n) is 3.22. The summed E-state index contributed by atoms with van der Waals surface area (Å²) in [7, 11) is 0. The summed E-state index contributed by atoms with van der Waals surface area (Å²) in [5, 5.41) is 0. The fourth-order valence-electron chi connectivity index (χ4n) is 2.03. The van der Waals surface area contributed by atoms with Crippen LogP contribution in [0.5, 0.6) is 5.75 Å². The van der Waals surface area contributed by atoms with E-state index in [0.29, 0.717) is 18.8 Å². The van der Waals surface area contributed by atoms with E-state index in [4.69, 9.17) is 14.2 Å². The summed E-state index contributed by atoms with van der Waals surface area (Å²) < 4.78 is 16.1. The molecule has 2 fully saturated rings. The lowest BCUT2D eigenvalue weighted by atomic mass is 10.2. The molecule has 2 atom stereocenters. The molecule has 1 aromatic rings. The Kier molecular flexibility index (Phi) is 3.71. The molecule has 0 N–H and O–H groups in total. The van der Waals surface area contributed by atoms with Crippen molar-refractivity contribution in [3.63, 3.8) is 0 Å². The topological polar surface area (TPSA) is 37.5 Å². The van der Waals surface area contributed by atoms with Crippen LogP contribution in [0.1, 0.15) is 0 Å². The molecule has 0 saturated carbocycles. The maximum Gasteiger partial charge on any atom is 0.119 e. The van der Waals surface area contributed by atoms with Gasteiger partial charge in [0.15, 0.2) is 0 Å². The first kappa shape index (κ1) is 12.5. The van der Waals surface area contributed by atoms with E-state index in [2.05, 4.69) is 23.6 Å². The highest BCUT2D eigenvalue weighted by molar-refractivity contribution is 5.49. The van der Waals surface area contributed by atoms with E-state index in [0.717, 1.165) is 32.1 Å². The van der Waals surface area contributed by atoms with Gasteiger partial charge in [-0.15, -0.1) is 0 Å². The van der Waals surface area contributed by atoms with Gasteiger partial charge in [-0.25, -0.2) is 0 Å². The average Bonchev–Trinajstić information content (AvgIpc) is 3.31. The Morgan fingerprint density at radius 1 is 1.16 bits per heavy atom. The molecule has 4 nitrogen and oxygen atoms in total. The molecule has 0 amide bonds. The van der Waals surface area contributed by atoms with Crippen LogP contribution in [0.4, 0.5) is 5.69 Å². The molecule has 102 valence electrons. The molecule has 1 aromatic carbocycles. The van der Waals surface area contributed by atoms with Crippen molar-refractivity contribution in [2.45, 2.75) is 12.2 Å². The van der Waals surface area contributed by atoms with E-state index in [1.807, 2.05) is 12.1 Å². The van der Waals surface area contributed by atoms with E-state index in [-0.39, 0.29) is 0 Å². The third kappa shape index (κ3) is 3.72. The van der Waals surface area contributed by atoms with Crippen molar-refractivity contribution in [2.24, 2.45) is 0 Å². The third-order valence-corrected chi connectivity index (χ3v) is 3.22. The molecule has 2 aliphatic rings. The summed E-state index contributed by atoms with van der Waals surface area (Å²) in [6.45, 7) is 7.81. The van der Waals surface area contributed by atoms with Gasteiger partial charge in [-0.3, -0.25) is 0 Å². The van der Waals surface area contributed by atoms with Crippen LogP contribution < -0.4 is 9.64 Å². The summed E-state index contributed by atoms with van der Waals surface area (Å²) in [6.07, 6.45) is 2.51. The fraction of sp³-hybridized carbons (Fsp3) is 0.467. The molecular formula is C15H19NO3. The molecule has 19 heavy (non-hydrogen) atoms. The van der Waals surface area contributed by atoms with Gasteiger partial charge in [-0.05, 0) is 24.3 Å². The van der Waals surface area contributed by atoms with Gasteiger partial charge < -0.3 is 19.1 Å². The average molecular weight is 261 g/mol. The van der Waals surface area contributed by atoms with Crippen LogP contribution in [0.25, 0.3) is 0 Å². The van der Waals surface area contributed by atoms with Crippen molar-refractivity contribution in [3.05, 3.63) is 36.9 Å². The molecular weight excluding hydrogens is 242 g/mol. The van der Waals surface area contributed by atoms with Crippen molar-refractivity contribution in [1.29, 1.82) is 0 Å². The molecule has 0 spiro atoms. The maximum atomic E-state index is 5.49. The number of rotatable bonds is 8. The lowest BCUT2D eigenvalue weighted by Gasteiger charge is -2.23. The number of nitrogens with zero attached hydrogens (tertiary/aromatic N) is 1. The highest BCUT2D eigenvalue weighted by Crippen LogP contribution is 2.24. The van der Waals surface area contributed by atoms with Gasteiger partial charge in [0.2, 0.25) is 0 Å². The monoisotopic (exact) mass is 261 g/mol. The molecule has 4 heteroatoms. The van der Waals surface area contributed by atoms with E-state index in [9.17, 15) is 0 Å². The van der Waals surface area contributed by atoms with Crippen LogP contribution in [0.3, 0.4) is 0 Å². The van der Waals surface area contributed by atoms with E-state index in [1.165, 1.54) is 5.69 Å². The molecule has 0 aromatic heterocycles. The van der Waals surface area contributed by atoms with Crippen LogP contribution in [0.15, 0.2) is 36.9 Å². The quantitative estimate of drug-likeness (QED) is 0.529. The second-order valence-corrected chi connectivity index (χ2v) is 4.91. The second kappa shape index (κ2) is 5.63. The summed E-state index contributed by atoms with van der Waals surface area (Å²) in [6, 6.07) is 8.16. The van der Waals surface area contributed by atoms with E-state index >= 15 is 0 Å². The van der Waals surface area contributed by atoms with Crippen LogP contribution in [0, 0.1) is 0 Å². The first-order chi connectivity index (χ1) is 9.35. The van der Waals surface area contributed by atoms with Gasteiger partial charge in [-0.1, -0.05) is 12.7 Å². The minimum atomic E-state index is 0.385. The number of hydrogen-bond acceptors (Lipinski definition) is 4. The lowest BCUT2D eigenvalue weighted by Crippen LogP contribution is -2.31. The normalized spacial score (nSPS) is 23.8. The van der Waals surface area contributed by atoms with E-state index in [1.54, 1.807) is 6.08 Å². The number of anilines is 1. The van der Waals surface area contributed by atoms with Gasteiger partial charge >= 0.3 is 0 Å². The maximum absolute atomic E-state index is 5.49. The Morgan fingerprint density at radius 2 is 1.74 bits per heavy atom. The molecule has 0 bridgehead atoms. The zero-order chi connectivity index (χ0) is 13.1. The minimum absolute atomic E-state index is 0.385. The first-order valence-electron chi connectivity index (χ1n) is 6.67. The van der Waals surface area contributed by atoms with Crippen molar-refractivity contribution < 1.29 is 14.2 Å². The summed E-state index contributed by atoms with van der Waals surface area (Å²) in [5.74, 6) is 0.869. The molecule has 2 heterocycles. The Morgan fingerprint density at radius 3 is 2.21 bits per heavy atom. The summed E-state index contributed by atoms with van der Waals surface area (Å²) in [4.78, 5) is 2.33. The molecule has 0 radical (unpaired) electrons. The van der Waals surface area contributed by atoms with Gasteiger partial charge in [0.05, 0.1) is 25.4 Å². The predicted molar refractivity (Wildman–Crippen MR) is 73.8 cm³/mol. The van der Waals surface area contributed by atoms with Gasteiger partial charge in [0.25, 0.3) is 0 Å². The zero-order valence-corrected chi connectivity index (χ0v) is 11.0. The van der Waals surface area contributed by atoms with Gasteiger partial charge in [0, 0.05) is 18.8 Å². The predicted octanol–water partition coefficient (Wildman–Crippen LogP) is 1.86. The first-order valence-corrected chi connectivity index (χ1v) is 6.67. The van der Waals surface area contributed by atoms with Crippen molar-refractivity contribution >= 4 is 5.69 Å². The molecule has 2 aliphatic heterocycles. The largest absolute Gasteiger partial charge is 0.490 e. The minimum Gasteiger partial charge on any atom is -0.490 e. The standard InChI is InChI=1S/C15H19NO3/c1-2-7-17-13-5-3-12(4-6-13)16(8-14-10-18-14)9-15-11-19-15/h2-6,14-15H,1,7-11H2. The van der Waals surface area contributed by atoms with Crippen LogP contribution in [0.2, 0.25) is 0 Å². The van der Waals surface area contributed by atoms with Crippen molar-refractivity contribution in [1.82, 2.24) is 0 Å². The number of hydrogen-bond donors (Lipinski definition) is 0. The molecule has 2 unspecified atom stereocenters. The summed E-state index contributed by atoms with van der Waals surface area (Å²) in [5.41, 5.74) is 1.19. The highest BCUT2D eigenvalue weighted by atomic mass is 16.6. The van der Waals surface area contributed by atoms with Gasteiger partial charge in [0.1, 0.15) is 12.4 Å². The Balaban J connectivity index is 1.63. The zero-order valence-electron chi connectivity index (χ0n) is 11.0. The smallest absolute Gasteiger partial charge is 0.119 e. The fourth-order valence-corrected chi connectivity index (χ4v) is 2.03. The SMILES string of the molecule is C=CCOc1ccc(N(CC2CO2)CC2CO2)cc1. The van der Waals surface area contributed by atoms with E-state index < -0.39 is 0 Å². The van der Waals surface area contributed by atoms with Crippen molar-refractivity contribution in [2.75, 3.05) is 37.8 Å². The Labute approximate surface area is 113 Å². The van der Waals surface area contributed by atoms with Crippen LogP contribution >= 0.6 is 0 Å². The molecule has 0 aliphatic carbocycles. The number of ether oxygens (including phenoxy) is 3. The van der Waals surface area contributed by atoms with Gasteiger partial charge in [-0.2, -0.15) is 0 Å². The summed E-state index contributed by atoms with van der Waals surface area (Å²) >= 11 is 0.